The molecule has 1 aliphatic carbocycles. The number of carbonyl (C=O) groups is 1. The zero-order valence-electron chi connectivity index (χ0n) is 20.0. The first-order valence-electron chi connectivity index (χ1n) is 12.6. The lowest BCUT2D eigenvalue weighted by Gasteiger charge is -2.36. The molecule has 1 aromatic heterocycles. The van der Waals surface area contributed by atoms with E-state index in [1.807, 2.05) is 58.0 Å². The van der Waals surface area contributed by atoms with Crippen molar-refractivity contribution in [3.05, 3.63) is 82.4 Å². The van der Waals surface area contributed by atoms with Gasteiger partial charge < -0.3 is 10.2 Å². The molecule has 2 heterocycles. The molecule has 3 aromatic rings. The number of aromatic nitrogens is 2. The first kappa shape index (κ1) is 22.7. The zero-order valence-corrected chi connectivity index (χ0v) is 20.0. The molecule has 1 amide bonds. The highest BCUT2D eigenvalue weighted by Gasteiger charge is 2.34. The van der Waals surface area contributed by atoms with E-state index in [4.69, 9.17) is 0 Å². The number of imidazole rings is 1. The van der Waals surface area contributed by atoms with Crippen LogP contribution in [0.4, 0.5) is 0 Å². The number of benzene rings is 2. The van der Waals surface area contributed by atoms with Crippen molar-refractivity contribution in [3.8, 4) is 11.3 Å². The van der Waals surface area contributed by atoms with E-state index < -0.39 is 0 Å². The molecule has 0 spiro atoms. The number of nitrogens with one attached hydrogen (secondary N) is 1. The zero-order chi connectivity index (χ0) is 23.5. The molecule has 6 nitrogen and oxygen atoms in total. The molecule has 1 atom stereocenters. The van der Waals surface area contributed by atoms with Gasteiger partial charge in [-0.3, -0.25) is 13.9 Å². The lowest BCUT2D eigenvalue weighted by molar-refractivity contribution is 0.0626. The summed E-state index contributed by atoms with van der Waals surface area (Å²) in [6.07, 6.45) is 6.23. The Labute approximate surface area is 201 Å². The first-order chi connectivity index (χ1) is 16.6. The molecular formula is C28H34N4O2. The Balaban J connectivity index is 1.58. The van der Waals surface area contributed by atoms with Crippen LogP contribution in [-0.4, -0.2) is 45.6 Å². The molecule has 1 saturated carbocycles. The van der Waals surface area contributed by atoms with Gasteiger partial charge in [0.2, 0.25) is 0 Å². The average molecular weight is 459 g/mol. The summed E-state index contributed by atoms with van der Waals surface area (Å²) in [5.74, 6) is -0.0459. The molecule has 2 aliphatic rings. The topological polar surface area (TPSA) is 59.3 Å². The smallest absolute Gasteiger partial charge is 0.329 e. The van der Waals surface area contributed by atoms with Gasteiger partial charge in [-0.05, 0) is 24.8 Å². The number of amides is 1. The molecule has 5 rings (SSSR count). The van der Waals surface area contributed by atoms with E-state index in [2.05, 4.69) is 17.4 Å². The van der Waals surface area contributed by atoms with Crippen LogP contribution >= 0.6 is 0 Å². The maximum Gasteiger partial charge on any atom is 0.329 e. The van der Waals surface area contributed by atoms with Gasteiger partial charge in [-0.15, -0.1) is 0 Å². The molecule has 0 bridgehead atoms. The van der Waals surface area contributed by atoms with Gasteiger partial charge in [0, 0.05) is 44.3 Å². The average Bonchev–Trinajstić information content (AvgIpc) is 3.16. The summed E-state index contributed by atoms with van der Waals surface area (Å²) in [6.45, 7) is 2.14. The summed E-state index contributed by atoms with van der Waals surface area (Å²) in [4.78, 5) is 29.8. The van der Waals surface area contributed by atoms with E-state index in [0.29, 0.717) is 12.2 Å². The van der Waals surface area contributed by atoms with E-state index in [1.54, 1.807) is 11.6 Å². The van der Waals surface area contributed by atoms with Crippen molar-refractivity contribution in [1.29, 1.82) is 0 Å². The van der Waals surface area contributed by atoms with Crippen molar-refractivity contribution in [1.82, 2.24) is 19.4 Å². The summed E-state index contributed by atoms with van der Waals surface area (Å²) in [5, 5.41) is 3.45. The number of hydrogen-bond acceptors (Lipinski definition) is 3. The van der Waals surface area contributed by atoms with Gasteiger partial charge in [-0.25, -0.2) is 4.79 Å². The van der Waals surface area contributed by atoms with Gasteiger partial charge in [-0.2, -0.15) is 0 Å². The third-order valence-corrected chi connectivity index (χ3v) is 7.41. The van der Waals surface area contributed by atoms with E-state index in [-0.39, 0.29) is 23.7 Å². The Bertz CT molecular complexity index is 1180. The van der Waals surface area contributed by atoms with Crippen LogP contribution in [0.3, 0.4) is 0 Å². The largest absolute Gasteiger partial charge is 0.331 e. The van der Waals surface area contributed by atoms with Crippen molar-refractivity contribution >= 4 is 5.91 Å². The third kappa shape index (κ3) is 4.34. The van der Waals surface area contributed by atoms with Crippen molar-refractivity contribution in [2.24, 2.45) is 7.05 Å². The number of carbonyl (C=O) groups excluding carboxylic acids is 1. The predicted octanol–water partition coefficient (Wildman–Crippen LogP) is 4.02. The number of piperazine rings is 1. The van der Waals surface area contributed by atoms with Crippen LogP contribution < -0.4 is 11.0 Å². The second-order valence-electron chi connectivity index (χ2n) is 9.61. The van der Waals surface area contributed by atoms with Gasteiger partial charge in [0.1, 0.15) is 5.69 Å². The van der Waals surface area contributed by atoms with Gasteiger partial charge in [-0.1, -0.05) is 79.9 Å². The molecule has 2 aromatic carbocycles. The van der Waals surface area contributed by atoms with E-state index in [1.165, 1.54) is 12.0 Å². The second kappa shape index (κ2) is 10.0. The summed E-state index contributed by atoms with van der Waals surface area (Å²) in [7, 11) is 1.76. The lowest BCUT2D eigenvalue weighted by Crippen LogP contribution is -2.55. The van der Waals surface area contributed by atoms with Gasteiger partial charge in [0.25, 0.3) is 5.91 Å². The summed E-state index contributed by atoms with van der Waals surface area (Å²) < 4.78 is 3.52. The van der Waals surface area contributed by atoms with E-state index >= 15 is 0 Å². The molecule has 6 heteroatoms. The standard InChI is InChI=1S/C28H34N4O2/c1-30-26(27(33)31-18-17-29-20-24(31)19-21-11-5-2-6-12-21)25(22-13-7-3-8-14-22)32(28(30)34)23-15-9-4-10-16-23/h2-3,5-8,11-14,23-24,29H,4,9-10,15-20H2,1H3/t24-/m1/s1. The lowest BCUT2D eigenvalue weighted by atomic mass is 9.94. The van der Waals surface area contributed by atoms with Gasteiger partial charge >= 0.3 is 5.69 Å². The molecule has 2 fully saturated rings. The minimum atomic E-state index is -0.0798. The van der Waals surface area contributed by atoms with Crippen molar-refractivity contribution < 1.29 is 4.79 Å². The SMILES string of the molecule is Cn1c(C(=O)N2CCNC[C@H]2Cc2ccccc2)c(-c2ccccc2)n(C2CCCCC2)c1=O. The fraction of sp³-hybridized carbons (Fsp3) is 0.429. The second-order valence-corrected chi connectivity index (χ2v) is 9.61. The Hall–Kier alpha value is -3.12. The predicted molar refractivity (Wildman–Crippen MR) is 135 cm³/mol. The van der Waals surface area contributed by atoms with Crippen molar-refractivity contribution in [2.45, 2.75) is 50.6 Å². The summed E-state index contributed by atoms with van der Waals surface area (Å²) in [6, 6.07) is 20.5. The fourth-order valence-corrected chi connectivity index (χ4v) is 5.65. The Morgan fingerprint density at radius 3 is 2.35 bits per heavy atom. The highest BCUT2D eigenvalue weighted by molar-refractivity contribution is 5.99. The van der Waals surface area contributed by atoms with Crippen LogP contribution in [0.15, 0.2) is 65.5 Å². The number of nitrogens with zero attached hydrogens (tertiary/aromatic N) is 3. The van der Waals surface area contributed by atoms with Crippen LogP contribution in [0, 0.1) is 0 Å². The Kier molecular flexibility index (Phi) is 6.68. The molecule has 1 saturated heterocycles. The third-order valence-electron chi connectivity index (χ3n) is 7.41. The number of hydrogen-bond donors (Lipinski definition) is 1. The molecule has 1 N–H and O–H groups in total. The van der Waals surface area contributed by atoms with Crippen LogP contribution in [0.1, 0.15) is 54.2 Å². The summed E-state index contributed by atoms with van der Waals surface area (Å²) in [5.41, 5.74) is 3.36. The van der Waals surface area contributed by atoms with E-state index in [0.717, 1.165) is 56.5 Å². The quantitative estimate of drug-likeness (QED) is 0.628. The van der Waals surface area contributed by atoms with Gasteiger partial charge in [0.05, 0.1) is 5.69 Å². The molecule has 0 radical (unpaired) electrons. The van der Waals surface area contributed by atoms with Crippen molar-refractivity contribution in [2.75, 3.05) is 19.6 Å². The molecule has 34 heavy (non-hydrogen) atoms. The maximum atomic E-state index is 14.2. The molecular weight excluding hydrogens is 424 g/mol. The van der Waals surface area contributed by atoms with Crippen molar-refractivity contribution in [3.63, 3.8) is 0 Å². The van der Waals surface area contributed by atoms with Crippen LogP contribution in [0.2, 0.25) is 0 Å². The van der Waals surface area contributed by atoms with Crippen LogP contribution in [0.25, 0.3) is 11.3 Å². The molecule has 0 unspecified atom stereocenters. The highest BCUT2D eigenvalue weighted by atomic mass is 16.2. The summed E-state index contributed by atoms with van der Waals surface area (Å²) >= 11 is 0. The maximum absolute atomic E-state index is 14.2. The minimum absolute atomic E-state index is 0.0420. The van der Waals surface area contributed by atoms with E-state index in [9.17, 15) is 9.59 Å². The Morgan fingerprint density at radius 1 is 0.971 bits per heavy atom. The monoisotopic (exact) mass is 458 g/mol. The Morgan fingerprint density at radius 2 is 1.65 bits per heavy atom. The fourth-order valence-electron chi connectivity index (χ4n) is 5.65. The van der Waals surface area contributed by atoms with Crippen LogP contribution in [-0.2, 0) is 13.5 Å². The molecule has 1 aliphatic heterocycles. The van der Waals surface area contributed by atoms with Crippen LogP contribution in [0.5, 0.6) is 0 Å². The van der Waals surface area contributed by atoms with Gasteiger partial charge in [0.15, 0.2) is 0 Å². The normalized spacial score (nSPS) is 19.3. The first-order valence-corrected chi connectivity index (χ1v) is 12.6. The molecule has 178 valence electrons. The minimum Gasteiger partial charge on any atom is -0.331 e. The number of rotatable bonds is 5. The highest BCUT2D eigenvalue weighted by Crippen LogP contribution is 2.34.